The molecular weight excluding hydrogens is 272 g/mol. The Morgan fingerprint density at radius 2 is 2.06 bits per heavy atom. The summed E-state index contributed by atoms with van der Waals surface area (Å²) in [5.41, 5.74) is 1.97. The zero-order valence-electron chi connectivity index (χ0n) is 8.53. The maximum atomic E-state index is 10.7. The van der Waals surface area contributed by atoms with Crippen molar-refractivity contribution in [1.82, 2.24) is 0 Å². The molecule has 2 rings (SSSR count). The molecule has 0 aliphatic carbocycles. The van der Waals surface area contributed by atoms with E-state index in [1.807, 2.05) is 25.1 Å². The van der Waals surface area contributed by atoms with Crippen LogP contribution in [-0.4, -0.2) is 11.1 Å². The summed E-state index contributed by atoms with van der Waals surface area (Å²) in [6.07, 6.45) is 0. The van der Waals surface area contributed by atoms with E-state index in [2.05, 4.69) is 15.9 Å². The highest BCUT2D eigenvalue weighted by Crippen LogP contribution is 2.30. The first-order chi connectivity index (χ1) is 7.58. The first-order valence-electron chi connectivity index (χ1n) is 4.67. The zero-order chi connectivity index (χ0) is 11.7. The molecule has 1 heterocycles. The van der Waals surface area contributed by atoms with Crippen molar-refractivity contribution in [2.24, 2.45) is 0 Å². The van der Waals surface area contributed by atoms with Crippen molar-refractivity contribution in [2.75, 3.05) is 0 Å². The van der Waals surface area contributed by atoms with E-state index >= 15 is 0 Å². The van der Waals surface area contributed by atoms with Gasteiger partial charge in [-0.2, -0.15) is 0 Å². The molecule has 0 amide bonds. The predicted molar refractivity (Wildman–Crippen MR) is 63.5 cm³/mol. The van der Waals surface area contributed by atoms with Gasteiger partial charge in [0.15, 0.2) is 0 Å². The number of hydrogen-bond donors (Lipinski definition) is 1. The van der Waals surface area contributed by atoms with Gasteiger partial charge >= 0.3 is 5.97 Å². The summed E-state index contributed by atoms with van der Waals surface area (Å²) >= 11 is 3.42. The van der Waals surface area contributed by atoms with Crippen LogP contribution in [0.3, 0.4) is 0 Å². The number of furan rings is 1. The highest BCUT2D eigenvalue weighted by atomic mass is 79.9. The fraction of sp³-hybridized carbons (Fsp3) is 0.0833. The normalized spacial score (nSPS) is 10.4. The lowest BCUT2D eigenvalue weighted by Gasteiger charge is -2.01. The third-order valence-corrected chi connectivity index (χ3v) is 2.86. The first kappa shape index (κ1) is 11.0. The van der Waals surface area contributed by atoms with E-state index in [1.54, 1.807) is 6.07 Å². The molecule has 0 saturated heterocycles. The van der Waals surface area contributed by atoms with E-state index in [1.165, 1.54) is 6.07 Å². The smallest absolute Gasteiger partial charge is 0.371 e. The number of aromatic carboxylic acids is 1. The summed E-state index contributed by atoms with van der Waals surface area (Å²) < 4.78 is 6.11. The largest absolute Gasteiger partial charge is 0.475 e. The van der Waals surface area contributed by atoms with Gasteiger partial charge in [0.2, 0.25) is 5.76 Å². The van der Waals surface area contributed by atoms with Crippen LogP contribution in [0.2, 0.25) is 0 Å². The molecule has 16 heavy (non-hydrogen) atoms. The van der Waals surface area contributed by atoms with Gasteiger partial charge in [-0.3, -0.25) is 0 Å². The summed E-state index contributed by atoms with van der Waals surface area (Å²) in [5.74, 6) is -0.568. The Bertz CT molecular complexity index is 543. The van der Waals surface area contributed by atoms with E-state index < -0.39 is 5.97 Å². The van der Waals surface area contributed by atoms with Crippen LogP contribution in [0.25, 0.3) is 11.3 Å². The average Bonchev–Trinajstić information content (AvgIpc) is 2.66. The summed E-state index contributed by atoms with van der Waals surface area (Å²) in [5, 5.41) is 8.75. The molecule has 0 bridgehead atoms. The Labute approximate surface area is 101 Å². The molecule has 1 N–H and O–H groups in total. The Morgan fingerprint density at radius 3 is 2.62 bits per heavy atom. The number of aryl methyl sites for hydroxylation is 1. The van der Waals surface area contributed by atoms with Crippen molar-refractivity contribution in [1.29, 1.82) is 0 Å². The van der Waals surface area contributed by atoms with Gasteiger partial charge in [0.05, 0.1) is 0 Å². The molecular formula is C12H9BrO3. The second kappa shape index (κ2) is 4.14. The average molecular weight is 281 g/mol. The molecule has 3 nitrogen and oxygen atoms in total. The molecule has 4 heteroatoms. The van der Waals surface area contributed by atoms with E-state index in [0.717, 1.165) is 15.6 Å². The van der Waals surface area contributed by atoms with Crippen LogP contribution in [-0.2, 0) is 0 Å². The molecule has 1 aromatic heterocycles. The third kappa shape index (κ3) is 2.02. The van der Waals surface area contributed by atoms with E-state index in [9.17, 15) is 4.79 Å². The minimum atomic E-state index is -1.06. The van der Waals surface area contributed by atoms with Crippen molar-refractivity contribution >= 4 is 21.9 Å². The summed E-state index contributed by atoms with van der Waals surface area (Å²) in [6.45, 7) is 1.99. The second-order valence-corrected chi connectivity index (χ2v) is 4.31. The second-order valence-electron chi connectivity index (χ2n) is 3.45. The summed E-state index contributed by atoms with van der Waals surface area (Å²) in [7, 11) is 0. The van der Waals surface area contributed by atoms with Gasteiger partial charge < -0.3 is 9.52 Å². The van der Waals surface area contributed by atoms with Crippen molar-refractivity contribution in [3.8, 4) is 11.3 Å². The van der Waals surface area contributed by atoms with Crippen molar-refractivity contribution in [2.45, 2.75) is 6.92 Å². The molecule has 0 atom stereocenters. The Kier molecular flexibility index (Phi) is 2.83. The quantitative estimate of drug-likeness (QED) is 0.912. The van der Waals surface area contributed by atoms with Crippen molar-refractivity contribution < 1.29 is 14.3 Å². The van der Waals surface area contributed by atoms with Crippen LogP contribution in [0.5, 0.6) is 0 Å². The number of hydrogen-bond acceptors (Lipinski definition) is 2. The van der Waals surface area contributed by atoms with Crippen LogP contribution < -0.4 is 0 Å². The maximum absolute atomic E-state index is 10.7. The lowest BCUT2D eigenvalue weighted by molar-refractivity contribution is 0.0663. The first-order valence-corrected chi connectivity index (χ1v) is 5.47. The molecule has 0 spiro atoms. The molecule has 0 aliphatic rings. The minimum absolute atomic E-state index is 0.0533. The number of halogens is 1. The SMILES string of the molecule is Cc1ccc(-c2ccc(C(=O)O)o2)c(Br)c1. The van der Waals surface area contributed by atoms with Gasteiger partial charge in [0.1, 0.15) is 5.76 Å². The molecule has 1 aromatic carbocycles. The molecule has 2 aromatic rings. The Morgan fingerprint density at radius 1 is 1.31 bits per heavy atom. The molecule has 0 fully saturated rings. The number of rotatable bonds is 2. The number of benzene rings is 1. The summed E-state index contributed by atoms with van der Waals surface area (Å²) in [4.78, 5) is 10.7. The topological polar surface area (TPSA) is 50.4 Å². The van der Waals surface area contributed by atoms with Gasteiger partial charge in [0.25, 0.3) is 0 Å². The summed E-state index contributed by atoms with van der Waals surface area (Å²) in [6, 6.07) is 8.90. The standard InChI is InChI=1S/C12H9BrO3/c1-7-2-3-8(9(13)6-7)10-4-5-11(16-10)12(14)15/h2-6H,1H3,(H,14,15). The molecule has 82 valence electrons. The minimum Gasteiger partial charge on any atom is -0.475 e. The van der Waals surface area contributed by atoms with Crippen LogP contribution in [0.15, 0.2) is 39.2 Å². The van der Waals surface area contributed by atoms with Crippen molar-refractivity contribution in [3.63, 3.8) is 0 Å². The lowest BCUT2D eigenvalue weighted by Crippen LogP contribution is -1.91. The number of carboxylic acids is 1. The highest BCUT2D eigenvalue weighted by Gasteiger charge is 2.12. The van der Waals surface area contributed by atoms with Gasteiger partial charge in [-0.15, -0.1) is 0 Å². The predicted octanol–water partition coefficient (Wildman–Crippen LogP) is 3.72. The monoisotopic (exact) mass is 280 g/mol. The lowest BCUT2D eigenvalue weighted by atomic mass is 10.1. The fourth-order valence-electron chi connectivity index (χ4n) is 1.42. The molecule has 0 radical (unpaired) electrons. The van der Waals surface area contributed by atoms with E-state index in [-0.39, 0.29) is 5.76 Å². The number of carbonyl (C=O) groups is 1. The fourth-order valence-corrected chi connectivity index (χ4v) is 2.11. The van der Waals surface area contributed by atoms with Crippen molar-refractivity contribution in [3.05, 3.63) is 46.1 Å². The van der Waals surface area contributed by atoms with Gasteiger partial charge in [0, 0.05) is 10.0 Å². The van der Waals surface area contributed by atoms with Crippen LogP contribution >= 0.6 is 15.9 Å². The molecule has 0 saturated carbocycles. The van der Waals surface area contributed by atoms with E-state index in [0.29, 0.717) is 5.76 Å². The van der Waals surface area contributed by atoms with Gasteiger partial charge in [-0.05, 0) is 36.8 Å². The van der Waals surface area contributed by atoms with Crippen LogP contribution in [0, 0.1) is 6.92 Å². The molecule has 0 aliphatic heterocycles. The third-order valence-electron chi connectivity index (χ3n) is 2.21. The molecule has 0 unspecified atom stereocenters. The van der Waals surface area contributed by atoms with Gasteiger partial charge in [-0.1, -0.05) is 22.0 Å². The Hall–Kier alpha value is -1.55. The van der Waals surface area contributed by atoms with Gasteiger partial charge in [-0.25, -0.2) is 4.79 Å². The van der Waals surface area contributed by atoms with Crippen LogP contribution in [0.4, 0.5) is 0 Å². The van der Waals surface area contributed by atoms with Crippen LogP contribution in [0.1, 0.15) is 16.1 Å². The highest BCUT2D eigenvalue weighted by molar-refractivity contribution is 9.10. The Balaban J connectivity index is 2.46. The maximum Gasteiger partial charge on any atom is 0.371 e. The van der Waals surface area contributed by atoms with E-state index in [4.69, 9.17) is 9.52 Å². The zero-order valence-corrected chi connectivity index (χ0v) is 10.1. The number of carboxylic acid groups (broad SMARTS) is 1.